The normalized spacial score (nSPS) is 19.1. The van der Waals surface area contributed by atoms with Crippen molar-refractivity contribution >= 4 is 22.8 Å². The molecule has 0 spiro atoms. The van der Waals surface area contributed by atoms with Crippen LogP contribution in [0, 0.1) is 0 Å². The molecular weight excluding hydrogens is 320 g/mol. The maximum absolute atomic E-state index is 12.4. The highest BCUT2D eigenvalue weighted by Gasteiger charge is 2.25. The molecule has 0 unspecified atom stereocenters. The van der Waals surface area contributed by atoms with Crippen molar-refractivity contribution in [2.75, 3.05) is 37.7 Å². The molecule has 0 bridgehead atoms. The average molecular weight is 344 g/mol. The zero-order valence-corrected chi connectivity index (χ0v) is 14.6. The van der Waals surface area contributed by atoms with Crippen molar-refractivity contribution in [3.8, 4) is 0 Å². The summed E-state index contributed by atoms with van der Waals surface area (Å²) in [6.45, 7) is 3.12. The van der Waals surface area contributed by atoms with Crippen LogP contribution >= 0.6 is 0 Å². The number of aryl methyl sites for hydroxylation is 1. The van der Waals surface area contributed by atoms with Gasteiger partial charge in [-0.05, 0) is 12.8 Å². The van der Waals surface area contributed by atoms with Gasteiger partial charge in [0.15, 0.2) is 5.65 Å². The van der Waals surface area contributed by atoms with Crippen LogP contribution in [0.25, 0.3) is 11.0 Å². The second-order valence-corrected chi connectivity index (χ2v) is 6.79. The number of aromatic nitrogens is 4. The summed E-state index contributed by atoms with van der Waals surface area (Å²) in [5, 5.41) is 5.22. The first-order valence-electron chi connectivity index (χ1n) is 8.99. The number of amides is 1. The third-order valence-electron chi connectivity index (χ3n) is 5.19. The average Bonchev–Trinajstić information content (AvgIpc) is 3.30. The van der Waals surface area contributed by atoms with E-state index < -0.39 is 0 Å². The van der Waals surface area contributed by atoms with Crippen LogP contribution in [0.1, 0.15) is 25.7 Å². The molecule has 2 aliphatic rings. The molecule has 3 heterocycles. The molecule has 2 fully saturated rings. The van der Waals surface area contributed by atoms with E-state index in [2.05, 4.69) is 20.0 Å². The van der Waals surface area contributed by atoms with E-state index in [1.807, 2.05) is 11.9 Å². The molecule has 1 aliphatic carbocycles. The smallest absolute Gasteiger partial charge is 0.248 e. The van der Waals surface area contributed by atoms with E-state index in [0.29, 0.717) is 13.1 Å². The molecule has 1 saturated carbocycles. The van der Waals surface area contributed by atoms with Crippen LogP contribution in [-0.2, 0) is 16.6 Å². The molecule has 1 aliphatic heterocycles. The first-order valence-corrected chi connectivity index (χ1v) is 8.99. The third kappa shape index (κ3) is 3.30. The number of fused-ring (bicyclic) bond motifs is 1. The summed E-state index contributed by atoms with van der Waals surface area (Å²) in [4.78, 5) is 25.2. The van der Waals surface area contributed by atoms with Gasteiger partial charge in [-0.25, -0.2) is 9.97 Å². The number of piperazine rings is 1. The summed E-state index contributed by atoms with van der Waals surface area (Å²) in [6.07, 6.45) is 8.29. The Hall–Kier alpha value is -2.22. The van der Waals surface area contributed by atoms with Gasteiger partial charge in [0.05, 0.1) is 17.7 Å². The Morgan fingerprint density at radius 2 is 1.96 bits per heavy atom. The topological polar surface area (TPSA) is 76.4 Å². The predicted molar refractivity (Wildman–Crippen MR) is 93.3 cm³/mol. The van der Waals surface area contributed by atoms with Gasteiger partial charge in [-0.2, -0.15) is 5.10 Å². The summed E-state index contributed by atoms with van der Waals surface area (Å²) in [5.74, 6) is 0.994. The molecule has 2 aromatic rings. The maximum Gasteiger partial charge on any atom is 0.248 e. The number of nitrogens with zero attached hydrogens (tertiary/aromatic N) is 6. The fourth-order valence-corrected chi connectivity index (χ4v) is 3.70. The largest absolute Gasteiger partial charge is 0.368 e. The summed E-state index contributed by atoms with van der Waals surface area (Å²) in [6, 6.07) is 0. The van der Waals surface area contributed by atoms with E-state index in [-0.39, 0.29) is 18.6 Å². The fourth-order valence-electron chi connectivity index (χ4n) is 3.70. The summed E-state index contributed by atoms with van der Waals surface area (Å²) < 4.78 is 7.50. The van der Waals surface area contributed by atoms with Gasteiger partial charge in [-0.1, -0.05) is 12.8 Å². The van der Waals surface area contributed by atoms with Crippen molar-refractivity contribution in [1.82, 2.24) is 24.6 Å². The van der Waals surface area contributed by atoms with Gasteiger partial charge < -0.3 is 14.5 Å². The number of rotatable bonds is 4. The van der Waals surface area contributed by atoms with Gasteiger partial charge in [0.25, 0.3) is 0 Å². The number of hydrogen-bond donors (Lipinski definition) is 0. The Labute approximate surface area is 146 Å². The van der Waals surface area contributed by atoms with Crippen molar-refractivity contribution < 1.29 is 9.53 Å². The molecule has 1 saturated heterocycles. The molecule has 0 N–H and O–H groups in total. The minimum Gasteiger partial charge on any atom is -0.368 e. The Bertz CT molecular complexity index is 747. The van der Waals surface area contributed by atoms with E-state index in [4.69, 9.17) is 4.74 Å². The number of carbonyl (C=O) groups is 1. The van der Waals surface area contributed by atoms with Gasteiger partial charge in [-0.15, -0.1) is 0 Å². The highest BCUT2D eigenvalue weighted by molar-refractivity contribution is 5.86. The van der Waals surface area contributed by atoms with E-state index >= 15 is 0 Å². The third-order valence-corrected chi connectivity index (χ3v) is 5.19. The summed E-state index contributed by atoms with van der Waals surface area (Å²) in [7, 11) is 1.88. The highest BCUT2D eigenvalue weighted by Crippen LogP contribution is 2.23. The zero-order valence-electron chi connectivity index (χ0n) is 14.6. The van der Waals surface area contributed by atoms with E-state index in [1.165, 1.54) is 12.8 Å². The first kappa shape index (κ1) is 16.3. The monoisotopic (exact) mass is 344 g/mol. The number of hydrogen-bond acceptors (Lipinski definition) is 6. The van der Waals surface area contributed by atoms with Crippen LogP contribution < -0.4 is 4.90 Å². The second-order valence-electron chi connectivity index (χ2n) is 6.79. The molecule has 8 heteroatoms. The van der Waals surface area contributed by atoms with Gasteiger partial charge in [0.2, 0.25) is 5.91 Å². The Balaban J connectivity index is 1.35. The van der Waals surface area contributed by atoms with Crippen LogP contribution in [-0.4, -0.2) is 69.4 Å². The number of ether oxygens (including phenoxy) is 1. The minimum atomic E-state index is 0.0979. The molecule has 134 valence electrons. The lowest BCUT2D eigenvalue weighted by atomic mass is 10.2. The molecular formula is C17H24N6O2. The first-order chi connectivity index (χ1) is 12.2. The van der Waals surface area contributed by atoms with Crippen molar-refractivity contribution in [2.24, 2.45) is 7.05 Å². The van der Waals surface area contributed by atoms with Crippen molar-refractivity contribution in [3.05, 3.63) is 12.5 Å². The van der Waals surface area contributed by atoms with Gasteiger partial charge in [-0.3, -0.25) is 9.48 Å². The van der Waals surface area contributed by atoms with Crippen molar-refractivity contribution in [1.29, 1.82) is 0 Å². The zero-order chi connectivity index (χ0) is 17.2. The van der Waals surface area contributed by atoms with Gasteiger partial charge in [0, 0.05) is 33.2 Å². The predicted octanol–water partition coefficient (Wildman–Crippen LogP) is 0.971. The van der Waals surface area contributed by atoms with Crippen LogP contribution in [0.4, 0.5) is 5.82 Å². The summed E-state index contributed by atoms with van der Waals surface area (Å²) >= 11 is 0. The Morgan fingerprint density at radius 1 is 1.20 bits per heavy atom. The summed E-state index contributed by atoms with van der Waals surface area (Å²) in [5.41, 5.74) is 0.827. The number of anilines is 1. The highest BCUT2D eigenvalue weighted by atomic mass is 16.5. The molecule has 1 amide bonds. The van der Waals surface area contributed by atoms with Gasteiger partial charge >= 0.3 is 0 Å². The van der Waals surface area contributed by atoms with Crippen LogP contribution in [0.3, 0.4) is 0 Å². The van der Waals surface area contributed by atoms with E-state index in [9.17, 15) is 4.79 Å². The fraction of sp³-hybridized carbons (Fsp3) is 0.647. The molecule has 25 heavy (non-hydrogen) atoms. The lowest BCUT2D eigenvalue weighted by Crippen LogP contribution is -2.50. The van der Waals surface area contributed by atoms with Crippen molar-refractivity contribution in [3.63, 3.8) is 0 Å². The molecule has 8 nitrogen and oxygen atoms in total. The minimum absolute atomic E-state index is 0.0979. The lowest BCUT2D eigenvalue weighted by molar-refractivity contribution is -0.138. The molecule has 0 aromatic carbocycles. The van der Waals surface area contributed by atoms with E-state index in [0.717, 1.165) is 42.8 Å². The standard InChI is InChI=1S/C17H24N6O2/c1-21-16-14(10-20-21)17(19-12-18-16)23-8-6-22(7-9-23)15(24)11-25-13-4-2-3-5-13/h10,12-13H,2-9,11H2,1H3. The van der Waals surface area contributed by atoms with Gasteiger partial charge in [0.1, 0.15) is 18.8 Å². The van der Waals surface area contributed by atoms with Crippen LogP contribution in [0.5, 0.6) is 0 Å². The Morgan fingerprint density at radius 3 is 2.72 bits per heavy atom. The van der Waals surface area contributed by atoms with Crippen LogP contribution in [0.2, 0.25) is 0 Å². The SMILES string of the molecule is Cn1ncc2c(N3CCN(C(=O)COC4CCCC4)CC3)ncnc21. The lowest BCUT2D eigenvalue weighted by Gasteiger charge is -2.35. The van der Waals surface area contributed by atoms with Crippen molar-refractivity contribution in [2.45, 2.75) is 31.8 Å². The maximum atomic E-state index is 12.4. The molecule has 0 atom stereocenters. The van der Waals surface area contributed by atoms with E-state index in [1.54, 1.807) is 17.2 Å². The van der Waals surface area contributed by atoms with Crippen LogP contribution in [0.15, 0.2) is 12.5 Å². The quantitative estimate of drug-likeness (QED) is 0.823. The molecule has 4 rings (SSSR count). The molecule has 2 aromatic heterocycles. The Kier molecular flexibility index (Phi) is 4.52. The number of carbonyl (C=O) groups excluding carboxylic acids is 1. The molecule has 0 radical (unpaired) electrons. The second kappa shape index (κ2) is 6.95.